The third-order valence-corrected chi connectivity index (χ3v) is 2.79. The number of fused-ring (bicyclic) bond motifs is 1. The average molecular weight is 285 g/mol. The zero-order chi connectivity index (χ0) is 14.7. The summed E-state index contributed by atoms with van der Waals surface area (Å²) in [7, 11) is 0. The lowest BCUT2D eigenvalue weighted by molar-refractivity contribution is -0.142. The number of carboxylic acid groups (broad SMARTS) is 1. The zero-order valence-electron chi connectivity index (χ0n) is 10.9. The minimum absolute atomic E-state index is 0.0515. The summed E-state index contributed by atoms with van der Waals surface area (Å²) in [5, 5.41) is 18.2. The van der Waals surface area contributed by atoms with Gasteiger partial charge in [-0.1, -0.05) is 24.3 Å². The number of nitrogens with zero attached hydrogens (tertiary/aromatic N) is 3. The number of rotatable bonds is 5. The molecule has 0 saturated carbocycles. The monoisotopic (exact) mass is 285 g/mol. The SMILES string of the molecule is O=C(O)COCc1nnc(-c2nccc3ccccc23)o1. The van der Waals surface area contributed by atoms with Crippen LogP contribution in [0.5, 0.6) is 0 Å². The molecule has 0 fully saturated rings. The normalized spacial score (nSPS) is 10.9. The Balaban J connectivity index is 1.86. The summed E-state index contributed by atoms with van der Waals surface area (Å²) < 4.78 is 10.4. The smallest absolute Gasteiger partial charge is 0.329 e. The highest BCUT2D eigenvalue weighted by Gasteiger charge is 2.13. The van der Waals surface area contributed by atoms with E-state index < -0.39 is 12.6 Å². The van der Waals surface area contributed by atoms with Gasteiger partial charge in [-0.05, 0) is 11.5 Å². The topological polar surface area (TPSA) is 98.3 Å². The van der Waals surface area contributed by atoms with Crippen LogP contribution < -0.4 is 0 Å². The number of ether oxygens (including phenoxy) is 1. The maximum absolute atomic E-state index is 10.4. The zero-order valence-corrected chi connectivity index (χ0v) is 10.9. The van der Waals surface area contributed by atoms with Crippen LogP contribution >= 0.6 is 0 Å². The number of carboxylic acids is 1. The molecule has 0 radical (unpaired) electrons. The van der Waals surface area contributed by atoms with E-state index >= 15 is 0 Å². The van der Waals surface area contributed by atoms with Crippen LogP contribution in [-0.4, -0.2) is 32.9 Å². The summed E-state index contributed by atoms with van der Waals surface area (Å²) in [6.07, 6.45) is 1.67. The fourth-order valence-electron chi connectivity index (χ4n) is 1.92. The minimum Gasteiger partial charge on any atom is -0.480 e. The Bertz CT molecular complexity index is 779. The summed E-state index contributed by atoms with van der Waals surface area (Å²) in [5.41, 5.74) is 0.588. The van der Waals surface area contributed by atoms with Gasteiger partial charge in [-0.15, -0.1) is 10.2 Å². The van der Waals surface area contributed by atoms with E-state index in [1.165, 1.54) is 0 Å². The Morgan fingerprint density at radius 3 is 2.95 bits per heavy atom. The van der Waals surface area contributed by atoms with Crippen molar-refractivity contribution in [1.82, 2.24) is 15.2 Å². The van der Waals surface area contributed by atoms with E-state index in [9.17, 15) is 4.79 Å². The van der Waals surface area contributed by atoms with E-state index in [2.05, 4.69) is 15.2 Å². The molecule has 2 heterocycles. The first-order valence-corrected chi connectivity index (χ1v) is 6.20. The van der Waals surface area contributed by atoms with Crippen molar-refractivity contribution in [2.24, 2.45) is 0 Å². The predicted molar refractivity (Wildman–Crippen MR) is 72.3 cm³/mol. The summed E-state index contributed by atoms with van der Waals surface area (Å²) in [4.78, 5) is 14.6. The molecule has 0 spiro atoms. The number of aromatic nitrogens is 3. The van der Waals surface area contributed by atoms with Crippen LogP contribution in [0.3, 0.4) is 0 Å². The van der Waals surface area contributed by atoms with Crippen molar-refractivity contribution in [3.05, 3.63) is 42.4 Å². The average Bonchev–Trinajstić information content (AvgIpc) is 2.95. The van der Waals surface area contributed by atoms with Gasteiger partial charge in [-0.25, -0.2) is 4.79 Å². The largest absolute Gasteiger partial charge is 0.480 e. The van der Waals surface area contributed by atoms with Crippen molar-refractivity contribution in [2.75, 3.05) is 6.61 Å². The number of benzene rings is 1. The molecule has 0 atom stereocenters. The molecule has 0 unspecified atom stereocenters. The summed E-state index contributed by atoms with van der Waals surface area (Å²) in [6, 6.07) is 9.62. The van der Waals surface area contributed by atoms with Crippen LogP contribution in [0.25, 0.3) is 22.4 Å². The molecule has 2 aromatic heterocycles. The Morgan fingerprint density at radius 1 is 1.24 bits per heavy atom. The van der Waals surface area contributed by atoms with E-state index in [1.54, 1.807) is 6.20 Å². The van der Waals surface area contributed by atoms with Gasteiger partial charge < -0.3 is 14.3 Å². The summed E-state index contributed by atoms with van der Waals surface area (Å²) >= 11 is 0. The lowest BCUT2D eigenvalue weighted by Crippen LogP contribution is -2.06. The molecule has 3 rings (SSSR count). The summed E-state index contributed by atoms with van der Waals surface area (Å²) in [5.74, 6) is -0.563. The van der Waals surface area contributed by atoms with Crippen molar-refractivity contribution in [1.29, 1.82) is 0 Å². The molecule has 106 valence electrons. The van der Waals surface area contributed by atoms with Crippen molar-refractivity contribution in [3.8, 4) is 11.6 Å². The van der Waals surface area contributed by atoms with Crippen LogP contribution in [-0.2, 0) is 16.1 Å². The molecule has 1 aromatic carbocycles. The number of hydrogen-bond donors (Lipinski definition) is 1. The first-order chi connectivity index (χ1) is 10.2. The molecule has 7 nitrogen and oxygen atoms in total. The van der Waals surface area contributed by atoms with E-state index in [4.69, 9.17) is 14.3 Å². The molecule has 0 saturated heterocycles. The second-order valence-corrected chi connectivity index (χ2v) is 4.27. The second kappa shape index (κ2) is 5.68. The van der Waals surface area contributed by atoms with Crippen molar-refractivity contribution in [2.45, 2.75) is 6.61 Å². The van der Waals surface area contributed by atoms with Crippen LogP contribution in [0, 0.1) is 0 Å². The molecule has 1 N–H and O–H groups in total. The van der Waals surface area contributed by atoms with Gasteiger partial charge in [0.2, 0.25) is 5.89 Å². The maximum Gasteiger partial charge on any atom is 0.329 e. The molecule has 3 aromatic rings. The lowest BCUT2D eigenvalue weighted by Gasteiger charge is -2.00. The van der Waals surface area contributed by atoms with Crippen LogP contribution in [0.4, 0.5) is 0 Å². The van der Waals surface area contributed by atoms with Gasteiger partial charge in [0.15, 0.2) is 0 Å². The molecule has 0 aliphatic rings. The molecule has 0 bridgehead atoms. The highest BCUT2D eigenvalue weighted by molar-refractivity contribution is 5.92. The Labute approximate surface area is 119 Å². The lowest BCUT2D eigenvalue weighted by atomic mass is 10.1. The highest BCUT2D eigenvalue weighted by atomic mass is 16.5. The number of carbonyl (C=O) groups is 1. The van der Waals surface area contributed by atoms with Crippen LogP contribution in [0.15, 0.2) is 40.9 Å². The molecule has 0 aliphatic carbocycles. The Hall–Kier alpha value is -2.80. The van der Waals surface area contributed by atoms with E-state index in [-0.39, 0.29) is 18.4 Å². The van der Waals surface area contributed by atoms with Crippen molar-refractivity contribution < 1.29 is 19.1 Å². The molecule has 0 amide bonds. The highest BCUT2D eigenvalue weighted by Crippen LogP contribution is 2.25. The molecular formula is C14H11N3O4. The number of aliphatic carboxylic acids is 1. The van der Waals surface area contributed by atoms with Gasteiger partial charge in [-0.2, -0.15) is 0 Å². The van der Waals surface area contributed by atoms with Crippen molar-refractivity contribution >= 4 is 16.7 Å². The second-order valence-electron chi connectivity index (χ2n) is 4.27. The maximum atomic E-state index is 10.4. The van der Waals surface area contributed by atoms with Crippen LogP contribution in [0.1, 0.15) is 5.89 Å². The predicted octanol–water partition coefficient (Wildman–Crippen LogP) is 1.89. The molecule has 0 aliphatic heterocycles. The number of pyridine rings is 1. The molecule has 21 heavy (non-hydrogen) atoms. The Kier molecular flexibility index (Phi) is 3.57. The van der Waals surface area contributed by atoms with Crippen molar-refractivity contribution in [3.63, 3.8) is 0 Å². The first-order valence-electron chi connectivity index (χ1n) is 6.20. The molecular weight excluding hydrogens is 274 g/mol. The van der Waals surface area contributed by atoms with Gasteiger partial charge in [0, 0.05) is 11.6 Å². The van der Waals surface area contributed by atoms with Gasteiger partial charge in [0.1, 0.15) is 18.9 Å². The van der Waals surface area contributed by atoms with E-state index in [0.29, 0.717) is 5.69 Å². The van der Waals surface area contributed by atoms with E-state index in [0.717, 1.165) is 10.8 Å². The van der Waals surface area contributed by atoms with Gasteiger partial charge in [0.05, 0.1) is 0 Å². The van der Waals surface area contributed by atoms with Gasteiger partial charge >= 0.3 is 5.97 Å². The quantitative estimate of drug-likeness (QED) is 0.764. The third-order valence-electron chi connectivity index (χ3n) is 2.79. The van der Waals surface area contributed by atoms with Gasteiger partial charge in [0.25, 0.3) is 5.89 Å². The fourth-order valence-corrected chi connectivity index (χ4v) is 1.92. The Morgan fingerprint density at radius 2 is 2.10 bits per heavy atom. The van der Waals surface area contributed by atoms with Crippen LogP contribution in [0.2, 0.25) is 0 Å². The third kappa shape index (κ3) is 2.87. The fraction of sp³-hybridized carbons (Fsp3) is 0.143. The standard InChI is InChI=1S/C14H11N3O4/c18-12(19)8-20-7-11-16-17-14(21-11)13-10-4-2-1-3-9(10)5-6-15-13/h1-6H,7-8H2,(H,18,19). The summed E-state index contributed by atoms with van der Waals surface area (Å²) in [6.45, 7) is -0.464. The number of hydrogen-bond acceptors (Lipinski definition) is 6. The van der Waals surface area contributed by atoms with Gasteiger partial charge in [-0.3, -0.25) is 4.98 Å². The van der Waals surface area contributed by atoms with E-state index in [1.807, 2.05) is 30.3 Å². The molecule has 7 heteroatoms. The minimum atomic E-state index is -1.05. The first kappa shape index (κ1) is 13.2.